The van der Waals surface area contributed by atoms with Crippen molar-refractivity contribution >= 4 is 23.4 Å². The van der Waals surface area contributed by atoms with Crippen molar-refractivity contribution in [1.82, 2.24) is 0 Å². The fourth-order valence-corrected chi connectivity index (χ4v) is 3.41. The number of para-hydroxylation sites is 1. The van der Waals surface area contributed by atoms with Gasteiger partial charge in [-0.05, 0) is 41.7 Å². The molecule has 5 heteroatoms. The van der Waals surface area contributed by atoms with Crippen LogP contribution in [-0.4, -0.2) is 18.8 Å². The third-order valence-corrected chi connectivity index (χ3v) is 4.99. The fourth-order valence-electron chi connectivity index (χ4n) is 2.64. The quantitative estimate of drug-likeness (QED) is 0.732. The highest BCUT2D eigenvalue weighted by Crippen LogP contribution is 2.24. The number of rotatable bonds is 8. The van der Waals surface area contributed by atoms with Crippen molar-refractivity contribution < 1.29 is 13.9 Å². The van der Waals surface area contributed by atoms with Crippen molar-refractivity contribution in [3.05, 3.63) is 58.9 Å². The Morgan fingerprint density at radius 1 is 1.16 bits per heavy atom. The lowest BCUT2D eigenvalue weighted by Gasteiger charge is -2.14. The minimum atomic E-state index is -0.380. The zero-order valence-electron chi connectivity index (χ0n) is 14.9. The van der Waals surface area contributed by atoms with Crippen LogP contribution in [0.3, 0.4) is 0 Å². The van der Waals surface area contributed by atoms with E-state index in [4.69, 9.17) is 4.74 Å². The van der Waals surface area contributed by atoms with Gasteiger partial charge >= 0.3 is 0 Å². The number of carbonyl (C=O) groups is 1. The number of hydrogen-bond acceptors (Lipinski definition) is 3. The van der Waals surface area contributed by atoms with E-state index in [2.05, 4.69) is 19.2 Å². The SMILES string of the molecule is CCc1cccc(CC)c1NC(=O)CSCc1ccc(OC)c(F)c1. The van der Waals surface area contributed by atoms with E-state index in [1.165, 1.54) is 24.9 Å². The minimum absolute atomic E-state index is 0.0328. The zero-order valence-corrected chi connectivity index (χ0v) is 15.7. The molecule has 0 spiro atoms. The summed E-state index contributed by atoms with van der Waals surface area (Å²) < 4.78 is 18.6. The van der Waals surface area contributed by atoms with Crippen LogP contribution in [0.2, 0.25) is 0 Å². The molecule has 0 saturated carbocycles. The molecule has 0 aromatic heterocycles. The van der Waals surface area contributed by atoms with Crippen molar-refractivity contribution in [3.63, 3.8) is 0 Å². The van der Waals surface area contributed by atoms with E-state index in [-0.39, 0.29) is 17.5 Å². The first kappa shape index (κ1) is 19.3. The van der Waals surface area contributed by atoms with E-state index in [9.17, 15) is 9.18 Å². The normalized spacial score (nSPS) is 10.6. The molecule has 3 nitrogen and oxygen atoms in total. The van der Waals surface area contributed by atoms with E-state index in [0.29, 0.717) is 11.5 Å². The number of methoxy groups -OCH3 is 1. The Morgan fingerprint density at radius 2 is 1.84 bits per heavy atom. The minimum Gasteiger partial charge on any atom is -0.494 e. The molecule has 0 unspecified atom stereocenters. The summed E-state index contributed by atoms with van der Waals surface area (Å²) in [6, 6.07) is 11.0. The molecule has 25 heavy (non-hydrogen) atoms. The van der Waals surface area contributed by atoms with Crippen molar-refractivity contribution in [3.8, 4) is 5.75 Å². The number of hydrogen-bond donors (Lipinski definition) is 1. The van der Waals surface area contributed by atoms with Crippen LogP contribution in [0.5, 0.6) is 5.75 Å². The number of carbonyl (C=O) groups excluding carboxylic acids is 1. The lowest BCUT2D eigenvalue weighted by Crippen LogP contribution is -2.16. The molecule has 1 amide bonds. The van der Waals surface area contributed by atoms with Crippen molar-refractivity contribution in [2.24, 2.45) is 0 Å². The molecule has 0 heterocycles. The third kappa shape index (κ3) is 5.23. The van der Waals surface area contributed by atoms with E-state index in [1.807, 2.05) is 24.3 Å². The van der Waals surface area contributed by atoms with Gasteiger partial charge in [-0.3, -0.25) is 4.79 Å². The standard InChI is InChI=1S/C20H24FNO2S/c1-4-15-7-6-8-16(5-2)20(15)22-19(23)13-25-12-14-9-10-18(24-3)17(21)11-14/h6-11H,4-5,12-13H2,1-3H3,(H,22,23). The van der Waals surface area contributed by atoms with Crippen LogP contribution in [-0.2, 0) is 23.4 Å². The highest BCUT2D eigenvalue weighted by Gasteiger charge is 2.10. The molecule has 0 bridgehead atoms. The maximum Gasteiger partial charge on any atom is 0.234 e. The summed E-state index contributed by atoms with van der Waals surface area (Å²) >= 11 is 1.46. The number of benzene rings is 2. The van der Waals surface area contributed by atoms with Crippen LogP contribution in [0, 0.1) is 5.82 Å². The second kappa shape index (κ2) is 9.47. The van der Waals surface area contributed by atoms with Crippen molar-refractivity contribution in [2.75, 3.05) is 18.2 Å². The Labute approximate surface area is 153 Å². The first-order chi connectivity index (χ1) is 12.1. The summed E-state index contributed by atoms with van der Waals surface area (Å²) in [5, 5.41) is 3.04. The number of ether oxygens (including phenoxy) is 1. The molecule has 1 N–H and O–H groups in total. The lowest BCUT2D eigenvalue weighted by molar-refractivity contribution is -0.113. The summed E-state index contributed by atoms with van der Waals surface area (Å²) in [5.41, 5.74) is 4.07. The molecular formula is C20H24FNO2S. The number of anilines is 1. The number of thioether (sulfide) groups is 1. The van der Waals surface area contributed by atoms with Gasteiger partial charge in [0.15, 0.2) is 11.6 Å². The molecule has 0 radical (unpaired) electrons. The third-order valence-electron chi connectivity index (χ3n) is 3.98. The van der Waals surface area contributed by atoms with E-state index in [0.717, 1.165) is 35.2 Å². The van der Waals surface area contributed by atoms with Gasteiger partial charge in [-0.1, -0.05) is 38.1 Å². The van der Waals surface area contributed by atoms with Crippen LogP contribution in [0.15, 0.2) is 36.4 Å². The Hall–Kier alpha value is -2.01. The molecule has 0 aliphatic heterocycles. The molecule has 2 aromatic rings. The van der Waals surface area contributed by atoms with E-state index >= 15 is 0 Å². The number of amides is 1. The Balaban J connectivity index is 1.92. The van der Waals surface area contributed by atoms with Gasteiger partial charge in [0, 0.05) is 11.4 Å². The van der Waals surface area contributed by atoms with Crippen LogP contribution in [0.4, 0.5) is 10.1 Å². The molecule has 134 valence electrons. The molecule has 2 aromatic carbocycles. The highest BCUT2D eigenvalue weighted by atomic mass is 32.2. The second-order valence-corrected chi connectivity index (χ2v) is 6.65. The topological polar surface area (TPSA) is 38.3 Å². The lowest BCUT2D eigenvalue weighted by atomic mass is 10.0. The van der Waals surface area contributed by atoms with E-state index in [1.54, 1.807) is 6.07 Å². The number of aryl methyl sites for hydroxylation is 2. The van der Waals surface area contributed by atoms with Gasteiger partial charge in [0.05, 0.1) is 12.9 Å². The molecule has 0 atom stereocenters. The van der Waals surface area contributed by atoms with Gasteiger partial charge in [-0.15, -0.1) is 11.8 Å². The van der Waals surface area contributed by atoms with Crippen molar-refractivity contribution in [1.29, 1.82) is 0 Å². The first-order valence-electron chi connectivity index (χ1n) is 8.39. The van der Waals surface area contributed by atoms with E-state index < -0.39 is 0 Å². The van der Waals surface area contributed by atoms with Crippen LogP contribution in [0.25, 0.3) is 0 Å². The molecule has 0 aliphatic carbocycles. The number of halogens is 1. The largest absolute Gasteiger partial charge is 0.494 e. The molecule has 0 fully saturated rings. The number of nitrogens with one attached hydrogen (secondary N) is 1. The Morgan fingerprint density at radius 3 is 2.40 bits per heavy atom. The molecule has 0 saturated heterocycles. The summed E-state index contributed by atoms with van der Waals surface area (Å²) in [6.07, 6.45) is 1.75. The van der Waals surface area contributed by atoms with Crippen LogP contribution in [0.1, 0.15) is 30.5 Å². The predicted molar refractivity (Wildman–Crippen MR) is 103 cm³/mol. The molecular weight excluding hydrogens is 337 g/mol. The summed E-state index contributed by atoms with van der Waals surface area (Å²) in [7, 11) is 1.44. The van der Waals surface area contributed by atoms with Gasteiger partial charge in [-0.2, -0.15) is 0 Å². The predicted octanol–water partition coefficient (Wildman–Crippen LogP) is 4.83. The molecule has 2 rings (SSSR count). The summed E-state index contributed by atoms with van der Waals surface area (Å²) in [5.74, 6) is 0.720. The Kier molecular flexibility index (Phi) is 7.31. The van der Waals surface area contributed by atoms with Crippen molar-refractivity contribution in [2.45, 2.75) is 32.4 Å². The monoisotopic (exact) mass is 361 g/mol. The maximum absolute atomic E-state index is 13.7. The average Bonchev–Trinajstić information content (AvgIpc) is 2.62. The second-order valence-electron chi connectivity index (χ2n) is 5.67. The first-order valence-corrected chi connectivity index (χ1v) is 9.55. The highest BCUT2D eigenvalue weighted by molar-refractivity contribution is 7.99. The van der Waals surface area contributed by atoms with Gasteiger partial charge in [0.2, 0.25) is 5.91 Å². The van der Waals surface area contributed by atoms with Crippen LogP contribution >= 0.6 is 11.8 Å². The van der Waals surface area contributed by atoms with Gasteiger partial charge in [0.1, 0.15) is 0 Å². The summed E-state index contributed by atoms with van der Waals surface area (Å²) in [6.45, 7) is 4.16. The van der Waals surface area contributed by atoms with Crippen LogP contribution < -0.4 is 10.1 Å². The fraction of sp³-hybridized carbons (Fsp3) is 0.350. The zero-order chi connectivity index (χ0) is 18.2. The maximum atomic E-state index is 13.7. The molecule has 0 aliphatic rings. The Bertz CT molecular complexity index is 711. The van der Waals surface area contributed by atoms with Gasteiger partial charge in [-0.25, -0.2) is 4.39 Å². The average molecular weight is 361 g/mol. The van der Waals surface area contributed by atoms with Gasteiger partial charge in [0.25, 0.3) is 0 Å². The van der Waals surface area contributed by atoms with Gasteiger partial charge < -0.3 is 10.1 Å². The smallest absolute Gasteiger partial charge is 0.234 e. The summed E-state index contributed by atoms with van der Waals surface area (Å²) in [4.78, 5) is 12.3.